The van der Waals surface area contributed by atoms with Crippen molar-refractivity contribution in [3.8, 4) is 0 Å². The van der Waals surface area contributed by atoms with Gasteiger partial charge in [0.1, 0.15) is 0 Å². The van der Waals surface area contributed by atoms with Crippen LogP contribution < -0.4 is 10.0 Å². The SMILES string of the molecule is Cc1cc(Cl)ccc1CNc1ccccc1NS(C)(=O)=O. The zero-order chi connectivity index (χ0) is 15.5. The van der Waals surface area contributed by atoms with Crippen LogP contribution in [0.3, 0.4) is 0 Å². The van der Waals surface area contributed by atoms with Gasteiger partial charge in [0.05, 0.1) is 17.6 Å². The normalized spacial score (nSPS) is 11.2. The average molecular weight is 325 g/mol. The highest BCUT2D eigenvalue weighted by atomic mass is 35.5. The van der Waals surface area contributed by atoms with Crippen LogP contribution in [0, 0.1) is 6.92 Å². The number of sulfonamides is 1. The molecule has 0 aliphatic heterocycles. The molecule has 2 N–H and O–H groups in total. The van der Waals surface area contributed by atoms with Crippen molar-refractivity contribution < 1.29 is 8.42 Å². The maximum absolute atomic E-state index is 11.4. The number of halogens is 1. The molecular weight excluding hydrogens is 308 g/mol. The fourth-order valence-corrected chi connectivity index (χ4v) is 2.78. The minimum absolute atomic E-state index is 0.534. The standard InChI is InChI=1S/C15H17ClN2O2S/c1-11-9-13(16)8-7-12(11)10-17-14-5-3-4-6-15(14)18-21(2,19)20/h3-9,17-18H,10H2,1-2H3. The number of hydrogen-bond donors (Lipinski definition) is 2. The smallest absolute Gasteiger partial charge is 0.229 e. The molecule has 0 fully saturated rings. The molecule has 0 unspecified atom stereocenters. The zero-order valence-corrected chi connectivity index (χ0v) is 13.4. The molecule has 0 atom stereocenters. The van der Waals surface area contributed by atoms with Crippen molar-refractivity contribution >= 4 is 33.0 Å². The summed E-state index contributed by atoms with van der Waals surface area (Å²) in [4.78, 5) is 0. The van der Waals surface area contributed by atoms with Crippen LogP contribution in [0.2, 0.25) is 5.02 Å². The van der Waals surface area contributed by atoms with Gasteiger partial charge in [-0.05, 0) is 42.3 Å². The lowest BCUT2D eigenvalue weighted by Gasteiger charge is -2.14. The first-order valence-electron chi connectivity index (χ1n) is 6.41. The highest BCUT2D eigenvalue weighted by Gasteiger charge is 2.07. The van der Waals surface area contributed by atoms with Crippen molar-refractivity contribution in [1.82, 2.24) is 0 Å². The van der Waals surface area contributed by atoms with E-state index in [-0.39, 0.29) is 0 Å². The van der Waals surface area contributed by atoms with Gasteiger partial charge in [0.25, 0.3) is 0 Å². The molecule has 0 saturated carbocycles. The molecular formula is C15H17ClN2O2S. The first kappa shape index (κ1) is 15.7. The molecule has 112 valence electrons. The number of hydrogen-bond acceptors (Lipinski definition) is 3. The van der Waals surface area contributed by atoms with Gasteiger partial charge in [-0.15, -0.1) is 0 Å². The topological polar surface area (TPSA) is 58.2 Å². The summed E-state index contributed by atoms with van der Waals surface area (Å²) in [6.07, 6.45) is 1.13. The molecule has 0 saturated heterocycles. The first-order chi connectivity index (χ1) is 9.85. The highest BCUT2D eigenvalue weighted by molar-refractivity contribution is 7.92. The van der Waals surface area contributed by atoms with E-state index in [0.29, 0.717) is 17.3 Å². The fraction of sp³-hybridized carbons (Fsp3) is 0.200. The summed E-state index contributed by atoms with van der Waals surface area (Å²) in [5, 5.41) is 3.95. The van der Waals surface area contributed by atoms with Gasteiger partial charge in [-0.2, -0.15) is 0 Å². The molecule has 2 aromatic rings. The molecule has 0 amide bonds. The Labute approximate surface area is 130 Å². The Hall–Kier alpha value is -1.72. The molecule has 0 heterocycles. The second kappa shape index (κ2) is 6.37. The van der Waals surface area contributed by atoms with Crippen molar-refractivity contribution in [1.29, 1.82) is 0 Å². The Kier molecular flexibility index (Phi) is 4.75. The van der Waals surface area contributed by atoms with Crippen LogP contribution in [0.25, 0.3) is 0 Å². The van der Waals surface area contributed by atoms with Gasteiger partial charge in [0.2, 0.25) is 10.0 Å². The molecule has 21 heavy (non-hydrogen) atoms. The largest absolute Gasteiger partial charge is 0.379 e. The number of anilines is 2. The van der Waals surface area contributed by atoms with Crippen LogP contribution in [0.1, 0.15) is 11.1 Å². The molecule has 4 nitrogen and oxygen atoms in total. The summed E-state index contributed by atoms with van der Waals surface area (Å²) < 4.78 is 25.2. The molecule has 0 aliphatic rings. The maximum Gasteiger partial charge on any atom is 0.229 e. The second-order valence-corrected chi connectivity index (χ2v) is 7.03. The zero-order valence-electron chi connectivity index (χ0n) is 11.9. The van der Waals surface area contributed by atoms with Gasteiger partial charge in [-0.3, -0.25) is 4.72 Å². The minimum atomic E-state index is -3.30. The van der Waals surface area contributed by atoms with Crippen molar-refractivity contribution in [3.63, 3.8) is 0 Å². The van der Waals surface area contributed by atoms with Crippen LogP contribution in [-0.2, 0) is 16.6 Å². The van der Waals surface area contributed by atoms with E-state index in [1.807, 2.05) is 37.3 Å². The summed E-state index contributed by atoms with van der Waals surface area (Å²) >= 11 is 5.93. The molecule has 0 aromatic heterocycles. The summed E-state index contributed by atoms with van der Waals surface area (Å²) in [6.45, 7) is 2.58. The third kappa shape index (κ3) is 4.65. The van der Waals surface area contributed by atoms with E-state index >= 15 is 0 Å². The number of para-hydroxylation sites is 2. The van der Waals surface area contributed by atoms with Crippen molar-refractivity contribution in [2.24, 2.45) is 0 Å². The van der Waals surface area contributed by atoms with Crippen LogP contribution in [0.4, 0.5) is 11.4 Å². The quantitative estimate of drug-likeness (QED) is 0.883. The molecule has 0 spiro atoms. The lowest BCUT2D eigenvalue weighted by atomic mass is 10.1. The molecule has 0 radical (unpaired) electrons. The first-order valence-corrected chi connectivity index (χ1v) is 8.68. The fourth-order valence-electron chi connectivity index (χ4n) is 1.97. The number of benzene rings is 2. The van der Waals surface area contributed by atoms with E-state index in [9.17, 15) is 8.42 Å². The molecule has 0 bridgehead atoms. The van der Waals surface area contributed by atoms with E-state index in [1.165, 1.54) is 0 Å². The predicted octanol–water partition coefficient (Wildman–Crippen LogP) is 3.63. The van der Waals surface area contributed by atoms with Gasteiger partial charge in [-0.25, -0.2) is 8.42 Å². The Balaban J connectivity index is 2.16. The number of aryl methyl sites for hydroxylation is 1. The average Bonchev–Trinajstić information content (AvgIpc) is 2.37. The lowest BCUT2D eigenvalue weighted by molar-refractivity contribution is 0.607. The van der Waals surface area contributed by atoms with Crippen molar-refractivity contribution in [2.45, 2.75) is 13.5 Å². The second-order valence-electron chi connectivity index (χ2n) is 4.84. The third-order valence-electron chi connectivity index (χ3n) is 3.00. The molecule has 2 aromatic carbocycles. The Morgan fingerprint density at radius 3 is 2.38 bits per heavy atom. The van der Waals surface area contributed by atoms with Crippen molar-refractivity contribution in [2.75, 3.05) is 16.3 Å². The van der Waals surface area contributed by atoms with E-state index in [4.69, 9.17) is 11.6 Å². The minimum Gasteiger partial charge on any atom is -0.379 e. The Morgan fingerprint density at radius 2 is 1.76 bits per heavy atom. The van der Waals surface area contributed by atoms with Crippen LogP contribution >= 0.6 is 11.6 Å². The van der Waals surface area contributed by atoms with Gasteiger partial charge in [-0.1, -0.05) is 29.8 Å². The van der Waals surface area contributed by atoms with Gasteiger partial charge >= 0.3 is 0 Å². The number of nitrogens with one attached hydrogen (secondary N) is 2. The molecule has 2 rings (SSSR count). The lowest BCUT2D eigenvalue weighted by Crippen LogP contribution is -2.12. The van der Waals surface area contributed by atoms with Crippen LogP contribution in [-0.4, -0.2) is 14.7 Å². The van der Waals surface area contributed by atoms with E-state index < -0.39 is 10.0 Å². The monoisotopic (exact) mass is 324 g/mol. The molecule has 6 heteroatoms. The Bertz CT molecular complexity index is 745. The summed E-state index contributed by atoms with van der Waals surface area (Å²) in [6, 6.07) is 12.9. The molecule has 0 aliphatic carbocycles. The van der Waals surface area contributed by atoms with Crippen LogP contribution in [0.5, 0.6) is 0 Å². The maximum atomic E-state index is 11.4. The Morgan fingerprint density at radius 1 is 1.10 bits per heavy atom. The van der Waals surface area contributed by atoms with E-state index in [0.717, 1.165) is 23.1 Å². The summed E-state index contributed by atoms with van der Waals surface area (Å²) in [5.74, 6) is 0. The predicted molar refractivity (Wildman–Crippen MR) is 88.4 cm³/mol. The van der Waals surface area contributed by atoms with E-state index in [2.05, 4.69) is 10.0 Å². The summed E-state index contributed by atoms with van der Waals surface area (Å²) in [7, 11) is -3.30. The number of rotatable bonds is 5. The van der Waals surface area contributed by atoms with Crippen molar-refractivity contribution in [3.05, 3.63) is 58.6 Å². The van der Waals surface area contributed by atoms with Gasteiger partial charge in [0, 0.05) is 11.6 Å². The summed E-state index contributed by atoms with van der Waals surface area (Å²) in [5.41, 5.74) is 3.46. The van der Waals surface area contributed by atoms with Gasteiger partial charge < -0.3 is 5.32 Å². The van der Waals surface area contributed by atoms with Crippen LogP contribution in [0.15, 0.2) is 42.5 Å². The highest BCUT2D eigenvalue weighted by Crippen LogP contribution is 2.23. The van der Waals surface area contributed by atoms with Gasteiger partial charge in [0.15, 0.2) is 0 Å². The van der Waals surface area contributed by atoms with E-state index in [1.54, 1.807) is 12.1 Å². The third-order valence-corrected chi connectivity index (χ3v) is 3.82.